The third kappa shape index (κ3) is 2.95. The number of hydrogen-bond acceptors (Lipinski definition) is 3. The van der Waals surface area contributed by atoms with E-state index in [1.54, 1.807) is 11.8 Å². The highest BCUT2D eigenvalue weighted by Gasteiger charge is 2.10. The van der Waals surface area contributed by atoms with Crippen LogP contribution in [-0.2, 0) is 0 Å². The first-order valence-electron chi connectivity index (χ1n) is 5.42. The molecule has 0 amide bonds. The molecule has 0 atom stereocenters. The summed E-state index contributed by atoms with van der Waals surface area (Å²) in [4.78, 5) is 1.20. The lowest BCUT2D eigenvalue weighted by molar-refractivity contribution is 0.297. The largest absolute Gasteiger partial charge is 0.490 e. The van der Waals surface area contributed by atoms with Crippen LogP contribution in [0.25, 0.3) is 0 Å². The molecule has 2 rings (SSSR count). The summed E-state index contributed by atoms with van der Waals surface area (Å²) in [7, 11) is 0. The van der Waals surface area contributed by atoms with Crippen molar-refractivity contribution in [3.8, 4) is 11.5 Å². The average molecular weight is 236 g/mol. The summed E-state index contributed by atoms with van der Waals surface area (Å²) >= 11 is 1.77. The lowest BCUT2D eigenvalue weighted by Crippen LogP contribution is -1.97. The summed E-state index contributed by atoms with van der Waals surface area (Å²) in [6.07, 6.45) is 0.947. The maximum atomic E-state index is 5.64. The Morgan fingerprint density at radius 1 is 1.31 bits per heavy atom. The fourth-order valence-corrected chi connectivity index (χ4v) is 2.21. The van der Waals surface area contributed by atoms with Crippen molar-refractivity contribution < 1.29 is 9.47 Å². The molecule has 0 unspecified atom stereocenters. The van der Waals surface area contributed by atoms with Gasteiger partial charge in [0, 0.05) is 17.1 Å². The van der Waals surface area contributed by atoms with Crippen molar-refractivity contribution in [2.24, 2.45) is 0 Å². The van der Waals surface area contributed by atoms with Gasteiger partial charge >= 0.3 is 0 Å². The molecule has 1 aromatic carbocycles. The molecule has 0 aliphatic carbocycles. The van der Waals surface area contributed by atoms with Gasteiger partial charge in [0.15, 0.2) is 11.5 Å². The molecule has 0 radical (unpaired) electrons. The van der Waals surface area contributed by atoms with Gasteiger partial charge in [0.25, 0.3) is 0 Å². The molecule has 0 spiro atoms. The van der Waals surface area contributed by atoms with Gasteiger partial charge in [-0.1, -0.05) is 12.2 Å². The second-order valence-electron chi connectivity index (χ2n) is 3.90. The summed E-state index contributed by atoms with van der Waals surface area (Å²) in [5.74, 6) is 2.67. The lowest BCUT2D eigenvalue weighted by Gasteiger charge is -2.08. The van der Waals surface area contributed by atoms with Gasteiger partial charge in [-0.05, 0) is 25.1 Å². The van der Waals surface area contributed by atoms with Gasteiger partial charge < -0.3 is 9.47 Å². The zero-order chi connectivity index (χ0) is 11.4. The number of ether oxygens (including phenoxy) is 2. The van der Waals surface area contributed by atoms with Gasteiger partial charge in [0.2, 0.25) is 0 Å². The fourth-order valence-electron chi connectivity index (χ4n) is 1.44. The summed E-state index contributed by atoms with van der Waals surface area (Å²) in [6, 6.07) is 6.11. The van der Waals surface area contributed by atoms with E-state index in [2.05, 4.69) is 12.6 Å². The second kappa shape index (κ2) is 5.30. The normalized spacial score (nSPS) is 14.3. The molecule has 1 aliphatic heterocycles. The molecule has 1 aromatic rings. The van der Waals surface area contributed by atoms with Crippen LogP contribution >= 0.6 is 11.8 Å². The molecule has 2 nitrogen and oxygen atoms in total. The predicted molar refractivity (Wildman–Crippen MR) is 67.6 cm³/mol. The fraction of sp³-hybridized carbons (Fsp3) is 0.385. The van der Waals surface area contributed by atoms with Crippen molar-refractivity contribution in [1.29, 1.82) is 0 Å². The topological polar surface area (TPSA) is 18.5 Å². The highest BCUT2D eigenvalue weighted by Crippen LogP contribution is 2.34. The van der Waals surface area contributed by atoms with Gasteiger partial charge in [-0.3, -0.25) is 0 Å². The van der Waals surface area contributed by atoms with Crippen LogP contribution in [0, 0.1) is 0 Å². The molecule has 86 valence electrons. The molecule has 1 heterocycles. The zero-order valence-electron chi connectivity index (χ0n) is 9.49. The van der Waals surface area contributed by atoms with Crippen molar-refractivity contribution in [3.63, 3.8) is 0 Å². The summed E-state index contributed by atoms with van der Waals surface area (Å²) in [6.45, 7) is 7.41. The molecule has 0 N–H and O–H groups in total. The number of benzene rings is 1. The zero-order valence-corrected chi connectivity index (χ0v) is 10.3. The molecular weight excluding hydrogens is 220 g/mol. The smallest absolute Gasteiger partial charge is 0.162 e. The minimum absolute atomic E-state index is 0.738. The lowest BCUT2D eigenvalue weighted by atomic mass is 10.3. The van der Waals surface area contributed by atoms with Crippen molar-refractivity contribution >= 4 is 11.8 Å². The number of rotatable bonds is 3. The van der Waals surface area contributed by atoms with Crippen molar-refractivity contribution in [2.45, 2.75) is 18.2 Å². The van der Waals surface area contributed by atoms with Crippen LogP contribution in [0.3, 0.4) is 0 Å². The first-order chi connectivity index (χ1) is 7.75. The minimum atomic E-state index is 0.738. The highest BCUT2D eigenvalue weighted by molar-refractivity contribution is 7.99. The van der Waals surface area contributed by atoms with Crippen LogP contribution in [0.1, 0.15) is 13.3 Å². The number of thioether (sulfide) groups is 1. The van der Waals surface area contributed by atoms with E-state index in [-0.39, 0.29) is 0 Å². The first-order valence-corrected chi connectivity index (χ1v) is 6.41. The SMILES string of the molecule is C=C(C)CSc1ccc2c(c1)OCCCO2. The predicted octanol–water partition coefficient (Wildman–Crippen LogP) is 3.52. The molecule has 16 heavy (non-hydrogen) atoms. The second-order valence-corrected chi connectivity index (χ2v) is 4.95. The Kier molecular flexibility index (Phi) is 3.78. The Bertz CT molecular complexity index is 388. The summed E-state index contributed by atoms with van der Waals surface area (Å²) in [5.41, 5.74) is 1.18. The maximum absolute atomic E-state index is 5.64. The van der Waals surface area contributed by atoms with Crippen molar-refractivity contribution in [1.82, 2.24) is 0 Å². The standard InChI is InChI=1S/C13H16O2S/c1-10(2)9-16-11-4-5-12-13(8-11)15-7-3-6-14-12/h4-5,8H,1,3,6-7,9H2,2H3. The highest BCUT2D eigenvalue weighted by atomic mass is 32.2. The molecule has 0 bridgehead atoms. The van der Waals surface area contributed by atoms with Crippen molar-refractivity contribution in [3.05, 3.63) is 30.4 Å². The van der Waals surface area contributed by atoms with Gasteiger partial charge in [-0.2, -0.15) is 0 Å². The number of hydrogen-bond donors (Lipinski definition) is 0. The van der Waals surface area contributed by atoms with E-state index < -0.39 is 0 Å². The number of fused-ring (bicyclic) bond motifs is 1. The van der Waals surface area contributed by atoms with E-state index in [1.807, 2.05) is 19.1 Å². The van der Waals surface area contributed by atoms with E-state index in [0.717, 1.165) is 36.9 Å². The molecular formula is C13H16O2S. The third-order valence-electron chi connectivity index (χ3n) is 2.20. The van der Waals surface area contributed by atoms with Crippen LogP contribution in [0.2, 0.25) is 0 Å². The van der Waals surface area contributed by atoms with E-state index in [0.29, 0.717) is 0 Å². The van der Waals surface area contributed by atoms with Crippen LogP contribution in [-0.4, -0.2) is 19.0 Å². The van der Waals surface area contributed by atoms with E-state index >= 15 is 0 Å². The summed E-state index contributed by atoms with van der Waals surface area (Å²) in [5, 5.41) is 0. The van der Waals surface area contributed by atoms with Crippen LogP contribution < -0.4 is 9.47 Å². The molecule has 0 aromatic heterocycles. The van der Waals surface area contributed by atoms with Crippen LogP contribution in [0.15, 0.2) is 35.2 Å². The van der Waals surface area contributed by atoms with Gasteiger partial charge in [-0.25, -0.2) is 0 Å². The molecule has 0 fully saturated rings. The third-order valence-corrected chi connectivity index (χ3v) is 3.43. The van der Waals surface area contributed by atoms with Gasteiger partial charge in [0.1, 0.15) is 0 Å². The monoisotopic (exact) mass is 236 g/mol. The van der Waals surface area contributed by atoms with E-state index in [9.17, 15) is 0 Å². The van der Waals surface area contributed by atoms with Gasteiger partial charge in [0.05, 0.1) is 13.2 Å². The first kappa shape index (κ1) is 11.4. The molecule has 1 aliphatic rings. The van der Waals surface area contributed by atoms with E-state index in [4.69, 9.17) is 9.47 Å². The molecule has 0 saturated heterocycles. The van der Waals surface area contributed by atoms with Crippen LogP contribution in [0.4, 0.5) is 0 Å². The minimum Gasteiger partial charge on any atom is -0.490 e. The summed E-state index contributed by atoms with van der Waals surface area (Å²) < 4.78 is 11.2. The maximum Gasteiger partial charge on any atom is 0.162 e. The van der Waals surface area contributed by atoms with E-state index in [1.165, 1.54) is 10.5 Å². The quantitative estimate of drug-likeness (QED) is 0.591. The average Bonchev–Trinajstić information content (AvgIpc) is 2.50. The molecule has 3 heteroatoms. The molecule has 0 saturated carbocycles. The Morgan fingerprint density at radius 3 is 2.81 bits per heavy atom. The Labute approximate surface area is 101 Å². The van der Waals surface area contributed by atoms with Crippen molar-refractivity contribution in [2.75, 3.05) is 19.0 Å². The van der Waals surface area contributed by atoms with Gasteiger partial charge in [-0.15, -0.1) is 11.8 Å². The van der Waals surface area contributed by atoms with Crippen LogP contribution in [0.5, 0.6) is 11.5 Å². The Balaban J connectivity index is 2.11. The Morgan fingerprint density at radius 2 is 2.06 bits per heavy atom. The Hall–Kier alpha value is -1.09.